The van der Waals surface area contributed by atoms with Crippen LogP contribution in [0.25, 0.3) is 34.1 Å². The normalized spacial score (nSPS) is 12.5. The molecule has 1 unspecified atom stereocenters. The van der Waals surface area contributed by atoms with Gasteiger partial charge in [0, 0.05) is 41.3 Å². The van der Waals surface area contributed by atoms with E-state index < -0.39 is 0 Å². The van der Waals surface area contributed by atoms with Gasteiger partial charge in [-0.1, -0.05) is 55.5 Å². The molecule has 8 nitrogen and oxygen atoms in total. The number of aromatic amines is 2. The topological polar surface area (TPSA) is 128 Å². The van der Waals surface area contributed by atoms with Crippen molar-refractivity contribution in [2.24, 2.45) is 5.73 Å². The van der Waals surface area contributed by atoms with E-state index in [9.17, 15) is 4.79 Å². The predicted octanol–water partition coefficient (Wildman–Crippen LogP) is 4.10. The van der Waals surface area contributed by atoms with Crippen LogP contribution in [-0.4, -0.2) is 32.0 Å². The third kappa shape index (κ3) is 4.10. The monoisotopic (exact) mass is 465 g/mol. The van der Waals surface area contributed by atoms with Crippen molar-refractivity contribution in [1.29, 1.82) is 5.41 Å². The van der Waals surface area contributed by atoms with E-state index in [-0.39, 0.29) is 17.4 Å². The molecule has 0 amide bonds. The number of fused-ring (bicyclic) bond motifs is 2. The van der Waals surface area contributed by atoms with Gasteiger partial charge in [0.15, 0.2) is 11.8 Å². The van der Waals surface area contributed by atoms with Crippen LogP contribution in [0.2, 0.25) is 0 Å². The van der Waals surface area contributed by atoms with E-state index in [4.69, 9.17) is 16.1 Å². The smallest absolute Gasteiger partial charge is 0.278 e. The summed E-state index contributed by atoms with van der Waals surface area (Å²) in [6.45, 7) is 4.45. The van der Waals surface area contributed by atoms with Gasteiger partial charge in [0.25, 0.3) is 5.56 Å². The summed E-state index contributed by atoms with van der Waals surface area (Å²) in [5, 5.41) is 11.2. The van der Waals surface area contributed by atoms with Crippen molar-refractivity contribution < 1.29 is 0 Å². The summed E-state index contributed by atoms with van der Waals surface area (Å²) in [5.74, 6) is 0.291. The predicted molar refractivity (Wildman–Crippen MR) is 140 cm³/mol. The number of aromatic nitrogens is 4. The fourth-order valence-electron chi connectivity index (χ4n) is 4.47. The molecule has 2 aliphatic rings. The van der Waals surface area contributed by atoms with Crippen molar-refractivity contribution in [2.75, 3.05) is 6.54 Å². The number of hydrogen-bond donors (Lipinski definition) is 5. The second-order valence-electron chi connectivity index (χ2n) is 8.61. The van der Waals surface area contributed by atoms with Gasteiger partial charge in [-0.25, -0.2) is 4.98 Å². The highest BCUT2D eigenvalue weighted by molar-refractivity contribution is 5.97. The van der Waals surface area contributed by atoms with Crippen LogP contribution in [0, 0.1) is 12.3 Å². The number of benzene rings is 2. The SMILES string of the molecule is Cc1cccc2[nH]cc(-c3cn4c(=O)c(C(C)c5ccccc5)nc-4c(/C=C/CNC(=N)N)[nH]3)c12. The molecule has 0 radical (unpaired) electrons. The van der Waals surface area contributed by atoms with E-state index in [2.05, 4.69) is 28.3 Å². The van der Waals surface area contributed by atoms with Crippen LogP contribution in [-0.2, 0) is 0 Å². The minimum absolute atomic E-state index is 0.103. The maximum Gasteiger partial charge on any atom is 0.278 e. The maximum atomic E-state index is 13.6. The maximum absolute atomic E-state index is 13.6. The molecular formula is C27H27N7O. The van der Waals surface area contributed by atoms with E-state index in [1.165, 1.54) is 0 Å². The van der Waals surface area contributed by atoms with E-state index >= 15 is 0 Å². The Labute approximate surface area is 202 Å². The minimum atomic E-state index is -0.154. The lowest BCUT2D eigenvalue weighted by molar-refractivity contribution is 0.871. The van der Waals surface area contributed by atoms with Gasteiger partial charge in [-0.2, -0.15) is 0 Å². The number of nitrogens with one attached hydrogen (secondary N) is 4. The molecule has 35 heavy (non-hydrogen) atoms. The molecule has 176 valence electrons. The van der Waals surface area contributed by atoms with Crippen molar-refractivity contribution in [3.63, 3.8) is 0 Å². The first-order valence-corrected chi connectivity index (χ1v) is 11.5. The van der Waals surface area contributed by atoms with Gasteiger partial charge >= 0.3 is 0 Å². The van der Waals surface area contributed by atoms with Crippen LogP contribution in [0.1, 0.15) is 35.4 Å². The summed E-state index contributed by atoms with van der Waals surface area (Å²) in [5.41, 5.74) is 11.4. The number of guanidine groups is 1. The molecule has 0 aliphatic carbocycles. The molecule has 3 heterocycles. The van der Waals surface area contributed by atoms with Gasteiger partial charge < -0.3 is 21.0 Å². The summed E-state index contributed by atoms with van der Waals surface area (Å²) in [4.78, 5) is 25.1. The standard InChI is InChI=1S/C27H27N7O/c1-16-8-6-11-20-23(16)19(14-31-20)22-15-34-25(21(32-22)12-7-13-30-27(28)29)33-24(26(34)35)17(2)18-9-4-3-5-10-18/h3-12,14-15,17,31-32H,13H2,1-2H3,(H4,28,29,30)/b12-7+. The molecule has 1 aromatic heterocycles. The zero-order valence-corrected chi connectivity index (χ0v) is 19.6. The quantitative estimate of drug-likeness (QED) is 0.191. The van der Waals surface area contributed by atoms with Gasteiger partial charge in [-0.3, -0.25) is 14.8 Å². The summed E-state index contributed by atoms with van der Waals surface area (Å²) in [6, 6.07) is 16.0. The van der Waals surface area contributed by atoms with E-state index in [0.29, 0.717) is 23.8 Å². The Bertz CT molecular complexity index is 1570. The number of hydrogen-bond acceptors (Lipinski definition) is 3. The average Bonchev–Trinajstić information content (AvgIpc) is 3.44. The molecule has 2 aromatic carbocycles. The van der Waals surface area contributed by atoms with E-state index in [1.807, 2.05) is 73.9 Å². The fourth-order valence-corrected chi connectivity index (χ4v) is 4.47. The van der Waals surface area contributed by atoms with Crippen LogP contribution in [0.3, 0.4) is 0 Å². The number of rotatable bonds is 6. The number of H-pyrrole nitrogens is 2. The van der Waals surface area contributed by atoms with Crippen LogP contribution in [0.4, 0.5) is 0 Å². The molecule has 0 saturated heterocycles. The zero-order chi connectivity index (χ0) is 24.5. The highest BCUT2D eigenvalue weighted by atomic mass is 16.1. The lowest BCUT2D eigenvalue weighted by Gasteiger charge is -2.11. The van der Waals surface area contributed by atoms with Gasteiger partial charge in [0.2, 0.25) is 0 Å². The van der Waals surface area contributed by atoms with Gasteiger partial charge in [-0.05, 0) is 30.2 Å². The van der Waals surface area contributed by atoms with Gasteiger partial charge in [0.1, 0.15) is 5.69 Å². The first-order valence-electron chi connectivity index (χ1n) is 11.5. The summed E-state index contributed by atoms with van der Waals surface area (Å²) in [6.07, 6.45) is 7.48. The fraction of sp³-hybridized carbons (Fsp3) is 0.148. The highest BCUT2D eigenvalue weighted by Gasteiger charge is 2.24. The highest BCUT2D eigenvalue weighted by Crippen LogP contribution is 2.32. The lowest BCUT2D eigenvalue weighted by Crippen LogP contribution is -2.30. The van der Waals surface area contributed by atoms with Crippen molar-refractivity contribution in [1.82, 2.24) is 24.8 Å². The largest absolute Gasteiger partial charge is 0.370 e. The summed E-state index contributed by atoms with van der Waals surface area (Å²) >= 11 is 0. The molecule has 0 fully saturated rings. The van der Waals surface area contributed by atoms with Crippen LogP contribution in [0.15, 0.2) is 71.8 Å². The molecule has 0 spiro atoms. The van der Waals surface area contributed by atoms with Crippen LogP contribution < -0.4 is 16.6 Å². The van der Waals surface area contributed by atoms with Crippen molar-refractivity contribution in [3.8, 4) is 17.1 Å². The van der Waals surface area contributed by atoms with Crippen molar-refractivity contribution in [2.45, 2.75) is 19.8 Å². The average molecular weight is 466 g/mol. The number of nitrogens with two attached hydrogens (primary N) is 1. The van der Waals surface area contributed by atoms with Crippen molar-refractivity contribution >= 4 is 22.9 Å². The molecule has 3 aromatic rings. The molecule has 2 aliphatic heterocycles. The zero-order valence-electron chi connectivity index (χ0n) is 19.6. The third-order valence-electron chi connectivity index (χ3n) is 6.27. The molecule has 1 atom stereocenters. The minimum Gasteiger partial charge on any atom is -0.370 e. The van der Waals surface area contributed by atoms with Crippen LogP contribution >= 0.6 is 0 Å². The molecular weight excluding hydrogens is 438 g/mol. The Hall–Kier alpha value is -4.59. The number of aryl methyl sites for hydroxylation is 1. The summed E-state index contributed by atoms with van der Waals surface area (Å²) in [7, 11) is 0. The van der Waals surface area contributed by atoms with Crippen molar-refractivity contribution in [3.05, 3.63) is 99.9 Å². The Morgan fingerprint density at radius 1 is 1.23 bits per heavy atom. The van der Waals surface area contributed by atoms with Crippen LogP contribution in [0.5, 0.6) is 0 Å². The molecule has 5 rings (SSSR count). The second kappa shape index (κ2) is 8.98. The molecule has 6 N–H and O–H groups in total. The van der Waals surface area contributed by atoms with E-state index in [0.717, 1.165) is 33.3 Å². The third-order valence-corrected chi connectivity index (χ3v) is 6.27. The Kier molecular flexibility index (Phi) is 5.70. The number of imidazole rings is 1. The Morgan fingerprint density at radius 2 is 2.03 bits per heavy atom. The number of nitrogens with zero attached hydrogens (tertiary/aromatic N) is 2. The second-order valence-corrected chi connectivity index (χ2v) is 8.61. The lowest BCUT2D eigenvalue weighted by atomic mass is 9.98. The molecule has 0 saturated carbocycles. The first-order chi connectivity index (χ1) is 16.9. The van der Waals surface area contributed by atoms with E-state index in [1.54, 1.807) is 4.57 Å². The Morgan fingerprint density at radius 3 is 2.80 bits per heavy atom. The Balaban J connectivity index is 1.69. The molecule has 8 heteroatoms. The first kappa shape index (κ1) is 22.2. The summed E-state index contributed by atoms with van der Waals surface area (Å²) < 4.78 is 1.62. The van der Waals surface area contributed by atoms with Gasteiger partial charge in [-0.15, -0.1) is 0 Å². The molecule has 0 bridgehead atoms. The van der Waals surface area contributed by atoms with Gasteiger partial charge in [0.05, 0.1) is 11.4 Å².